The molecule has 1 amide bonds. The van der Waals surface area contributed by atoms with Crippen molar-refractivity contribution >= 4 is 18.3 Å². The molecule has 5 heteroatoms. The number of carbonyl (C=O) groups excluding carboxylic acids is 1. The molecule has 2 unspecified atom stereocenters. The number of nitrogens with one attached hydrogen (secondary N) is 1. The van der Waals surface area contributed by atoms with Crippen molar-refractivity contribution < 1.29 is 9.53 Å². The molecule has 0 saturated carbocycles. The maximum atomic E-state index is 12.4. The molecule has 4 nitrogen and oxygen atoms in total. The second-order valence-corrected chi connectivity index (χ2v) is 6.54. The highest BCUT2D eigenvalue weighted by atomic mass is 35.5. The SMILES string of the molecule is CC(C)(C)C1CCCN1C(=O)CC1COCCN1.Cl. The number of morpholine rings is 1. The van der Waals surface area contributed by atoms with Crippen molar-refractivity contribution in [2.75, 3.05) is 26.3 Å². The number of ether oxygens (including phenoxy) is 1. The van der Waals surface area contributed by atoms with Crippen LogP contribution in [-0.2, 0) is 9.53 Å². The third-order valence-electron chi connectivity index (χ3n) is 3.99. The zero-order valence-electron chi connectivity index (χ0n) is 12.3. The summed E-state index contributed by atoms with van der Waals surface area (Å²) in [6, 6.07) is 0.599. The first-order chi connectivity index (χ1) is 8.48. The summed E-state index contributed by atoms with van der Waals surface area (Å²) in [7, 11) is 0. The summed E-state index contributed by atoms with van der Waals surface area (Å²) in [6.07, 6.45) is 2.86. The molecule has 112 valence electrons. The van der Waals surface area contributed by atoms with E-state index in [2.05, 4.69) is 31.0 Å². The van der Waals surface area contributed by atoms with Crippen LogP contribution in [0.5, 0.6) is 0 Å². The van der Waals surface area contributed by atoms with Crippen molar-refractivity contribution in [2.24, 2.45) is 5.41 Å². The van der Waals surface area contributed by atoms with Crippen molar-refractivity contribution in [3.05, 3.63) is 0 Å². The molecule has 1 N–H and O–H groups in total. The Bertz CT molecular complexity index is 298. The fourth-order valence-corrected chi connectivity index (χ4v) is 3.04. The van der Waals surface area contributed by atoms with Crippen LogP contribution in [0, 0.1) is 5.41 Å². The summed E-state index contributed by atoms with van der Waals surface area (Å²) in [6.45, 7) is 9.90. The van der Waals surface area contributed by atoms with Crippen LogP contribution in [0.3, 0.4) is 0 Å². The highest BCUT2D eigenvalue weighted by molar-refractivity contribution is 5.85. The molecule has 2 saturated heterocycles. The number of rotatable bonds is 2. The Balaban J connectivity index is 0.00000180. The van der Waals surface area contributed by atoms with Crippen LogP contribution in [0.25, 0.3) is 0 Å². The molecule has 2 aliphatic heterocycles. The van der Waals surface area contributed by atoms with E-state index >= 15 is 0 Å². The minimum absolute atomic E-state index is 0. The summed E-state index contributed by atoms with van der Waals surface area (Å²) in [5.74, 6) is 0.287. The fraction of sp³-hybridized carbons (Fsp3) is 0.929. The number of amides is 1. The van der Waals surface area contributed by atoms with Gasteiger partial charge in [0.05, 0.1) is 13.2 Å². The maximum Gasteiger partial charge on any atom is 0.224 e. The fourth-order valence-electron chi connectivity index (χ4n) is 3.04. The van der Waals surface area contributed by atoms with Crippen molar-refractivity contribution in [3.8, 4) is 0 Å². The number of likely N-dealkylation sites (tertiary alicyclic amines) is 1. The minimum atomic E-state index is 0. The summed E-state index contributed by atoms with van der Waals surface area (Å²) in [5, 5.41) is 3.35. The van der Waals surface area contributed by atoms with Crippen LogP contribution in [-0.4, -0.2) is 49.2 Å². The zero-order valence-corrected chi connectivity index (χ0v) is 13.1. The monoisotopic (exact) mass is 290 g/mol. The van der Waals surface area contributed by atoms with Crippen LogP contribution < -0.4 is 5.32 Å². The third kappa shape index (κ3) is 4.33. The highest BCUT2D eigenvalue weighted by Gasteiger charge is 2.37. The topological polar surface area (TPSA) is 41.6 Å². The van der Waals surface area contributed by atoms with E-state index in [4.69, 9.17) is 4.74 Å². The summed E-state index contributed by atoms with van der Waals surface area (Å²) >= 11 is 0. The Morgan fingerprint density at radius 1 is 1.42 bits per heavy atom. The lowest BCUT2D eigenvalue weighted by Gasteiger charge is -2.36. The highest BCUT2D eigenvalue weighted by Crippen LogP contribution is 2.33. The van der Waals surface area contributed by atoms with E-state index in [1.165, 1.54) is 0 Å². The largest absolute Gasteiger partial charge is 0.378 e. The van der Waals surface area contributed by atoms with E-state index in [0.717, 1.165) is 32.5 Å². The third-order valence-corrected chi connectivity index (χ3v) is 3.99. The molecule has 2 fully saturated rings. The summed E-state index contributed by atoms with van der Waals surface area (Å²) in [4.78, 5) is 14.5. The molecule has 0 aromatic rings. The van der Waals surface area contributed by atoms with Crippen molar-refractivity contribution in [3.63, 3.8) is 0 Å². The molecular formula is C14H27ClN2O2. The van der Waals surface area contributed by atoms with Gasteiger partial charge < -0.3 is 15.0 Å². The van der Waals surface area contributed by atoms with Crippen LogP contribution in [0.4, 0.5) is 0 Å². The Hall–Kier alpha value is -0.320. The molecule has 2 rings (SSSR count). The zero-order chi connectivity index (χ0) is 13.2. The van der Waals surface area contributed by atoms with Crippen LogP contribution in [0.15, 0.2) is 0 Å². The Morgan fingerprint density at radius 3 is 2.74 bits per heavy atom. The van der Waals surface area contributed by atoms with Crippen molar-refractivity contribution in [1.29, 1.82) is 0 Å². The lowest BCUT2D eigenvalue weighted by Crippen LogP contribution is -2.48. The predicted molar refractivity (Wildman–Crippen MR) is 78.7 cm³/mol. The van der Waals surface area contributed by atoms with Gasteiger partial charge in [-0.1, -0.05) is 20.8 Å². The molecule has 0 aromatic heterocycles. The Kier molecular flexibility index (Phi) is 6.09. The molecule has 2 heterocycles. The maximum absolute atomic E-state index is 12.4. The van der Waals surface area contributed by atoms with Gasteiger partial charge in [-0.05, 0) is 18.3 Å². The molecule has 0 bridgehead atoms. The van der Waals surface area contributed by atoms with Gasteiger partial charge in [0.25, 0.3) is 0 Å². The van der Waals surface area contributed by atoms with E-state index in [1.54, 1.807) is 0 Å². The molecule has 2 atom stereocenters. The second-order valence-electron chi connectivity index (χ2n) is 6.54. The summed E-state index contributed by atoms with van der Waals surface area (Å²) < 4.78 is 5.41. The average Bonchev–Trinajstić information content (AvgIpc) is 2.79. The van der Waals surface area contributed by atoms with Gasteiger partial charge in [-0.15, -0.1) is 12.4 Å². The standard InChI is InChI=1S/C14H26N2O2.ClH/c1-14(2,3)12-5-4-7-16(12)13(17)9-11-10-18-8-6-15-11;/h11-12,15H,4-10H2,1-3H3;1H. The van der Waals surface area contributed by atoms with Gasteiger partial charge in [-0.3, -0.25) is 4.79 Å². The van der Waals surface area contributed by atoms with Gasteiger partial charge in [-0.2, -0.15) is 0 Å². The molecule has 0 radical (unpaired) electrons. The van der Waals surface area contributed by atoms with E-state index < -0.39 is 0 Å². The lowest BCUT2D eigenvalue weighted by molar-refractivity contribution is -0.135. The number of hydrogen-bond acceptors (Lipinski definition) is 3. The van der Waals surface area contributed by atoms with E-state index in [0.29, 0.717) is 19.1 Å². The lowest BCUT2D eigenvalue weighted by atomic mass is 9.85. The Morgan fingerprint density at radius 2 is 2.16 bits per heavy atom. The first kappa shape index (κ1) is 16.7. The van der Waals surface area contributed by atoms with E-state index in [9.17, 15) is 4.79 Å². The number of carbonyl (C=O) groups is 1. The quantitative estimate of drug-likeness (QED) is 0.843. The normalized spacial score (nSPS) is 28.1. The van der Waals surface area contributed by atoms with Crippen molar-refractivity contribution in [2.45, 2.75) is 52.1 Å². The Labute approximate surface area is 122 Å². The number of hydrogen-bond donors (Lipinski definition) is 1. The van der Waals surface area contributed by atoms with Gasteiger partial charge >= 0.3 is 0 Å². The van der Waals surface area contributed by atoms with Gasteiger partial charge in [-0.25, -0.2) is 0 Å². The second kappa shape index (κ2) is 6.91. The predicted octanol–water partition coefficient (Wildman–Crippen LogP) is 1.82. The average molecular weight is 291 g/mol. The van der Waals surface area contributed by atoms with Gasteiger partial charge in [0.2, 0.25) is 5.91 Å². The number of halogens is 1. The smallest absolute Gasteiger partial charge is 0.224 e. The molecule has 2 aliphatic rings. The molecular weight excluding hydrogens is 264 g/mol. The van der Waals surface area contributed by atoms with Crippen molar-refractivity contribution in [1.82, 2.24) is 10.2 Å². The van der Waals surface area contributed by atoms with Gasteiger partial charge in [0.1, 0.15) is 0 Å². The molecule has 0 spiro atoms. The molecule has 19 heavy (non-hydrogen) atoms. The first-order valence-corrected chi connectivity index (χ1v) is 7.09. The first-order valence-electron chi connectivity index (χ1n) is 7.09. The van der Waals surface area contributed by atoms with Crippen LogP contribution in [0.2, 0.25) is 0 Å². The molecule has 0 aliphatic carbocycles. The number of nitrogens with zero attached hydrogens (tertiary/aromatic N) is 1. The minimum Gasteiger partial charge on any atom is -0.378 e. The van der Waals surface area contributed by atoms with E-state index in [1.807, 2.05) is 0 Å². The summed E-state index contributed by atoms with van der Waals surface area (Å²) in [5.41, 5.74) is 0.183. The van der Waals surface area contributed by atoms with Gasteiger partial charge in [0.15, 0.2) is 0 Å². The van der Waals surface area contributed by atoms with Crippen LogP contribution >= 0.6 is 12.4 Å². The molecule has 0 aromatic carbocycles. The van der Waals surface area contributed by atoms with Gasteiger partial charge in [0, 0.05) is 31.6 Å². The van der Waals surface area contributed by atoms with E-state index in [-0.39, 0.29) is 29.8 Å². The van der Waals surface area contributed by atoms with Crippen LogP contribution in [0.1, 0.15) is 40.0 Å².